The third kappa shape index (κ3) is 8.21. The van der Waals surface area contributed by atoms with Crippen molar-refractivity contribution >= 4 is 21.4 Å². The standard InChI is InChI=1S/C31H33F2N3O6S/c1-3-43(38,39)28-14-6-21(7-15-28)29(16-17-34)35-30(37)22-4-8-23(9-5-22)36-19-27(18-24(36)20-41-31(32)33)42-26-12-10-25(40-2)11-13-26/h4-15,24,27,29,31H,3,16,18-20H2,1-2H3,(H,35,37)/t24-,27+,29-/m0/s1. The average Bonchev–Trinajstić information content (AvgIpc) is 3.42. The number of amides is 1. The van der Waals surface area contributed by atoms with Crippen molar-refractivity contribution in [3.63, 3.8) is 0 Å². The molecule has 1 aliphatic heterocycles. The van der Waals surface area contributed by atoms with E-state index in [9.17, 15) is 27.3 Å². The van der Waals surface area contributed by atoms with Gasteiger partial charge in [-0.25, -0.2) is 8.42 Å². The number of hydrogen-bond acceptors (Lipinski definition) is 8. The van der Waals surface area contributed by atoms with Gasteiger partial charge in [-0.3, -0.25) is 4.79 Å². The summed E-state index contributed by atoms with van der Waals surface area (Å²) in [4.78, 5) is 15.2. The van der Waals surface area contributed by atoms with Crippen molar-refractivity contribution in [2.75, 3.05) is 30.9 Å². The van der Waals surface area contributed by atoms with Gasteiger partial charge in [-0.2, -0.15) is 14.0 Å². The highest BCUT2D eigenvalue weighted by atomic mass is 32.2. The minimum Gasteiger partial charge on any atom is -0.497 e. The molecule has 3 aromatic carbocycles. The number of carbonyl (C=O) groups is 1. The maximum Gasteiger partial charge on any atom is 0.345 e. The van der Waals surface area contributed by atoms with Gasteiger partial charge in [-0.05, 0) is 66.2 Å². The Kier molecular flexibility index (Phi) is 10.6. The number of nitrogens with one attached hydrogen (secondary N) is 1. The highest BCUT2D eigenvalue weighted by molar-refractivity contribution is 7.91. The van der Waals surface area contributed by atoms with Crippen LogP contribution >= 0.6 is 0 Å². The van der Waals surface area contributed by atoms with Crippen LogP contribution < -0.4 is 19.7 Å². The number of nitriles is 1. The highest BCUT2D eigenvalue weighted by Crippen LogP contribution is 2.30. The third-order valence-corrected chi connectivity index (χ3v) is 8.99. The van der Waals surface area contributed by atoms with Crippen LogP contribution in [-0.2, 0) is 14.6 Å². The molecule has 12 heteroatoms. The van der Waals surface area contributed by atoms with Crippen molar-refractivity contribution in [3.05, 3.63) is 83.9 Å². The van der Waals surface area contributed by atoms with Crippen molar-refractivity contribution in [2.24, 2.45) is 0 Å². The number of halogens is 2. The lowest BCUT2D eigenvalue weighted by atomic mass is 10.0. The summed E-state index contributed by atoms with van der Waals surface area (Å²) < 4.78 is 65.9. The number of alkyl halides is 2. The Bertz CT molecular complexity index is 1510. The number of rotatable bonds is 13. The molecule has 0 bridgehead atoms. The van der Waals surface area contributed by atoms with E-state index in [1.165, 1.54) is 12.1 Å². The molecule has 43 heavy (non-hydrogen) atoms. The summed E-state index contributed by atoms with van der Waals surface area (Å²) in [5.41, 5.74) is 1.65. The van der Waals surface area contributed by atoms with Gasteiger partial charge in [0.05, 0.1) is 55.5 Å². The van der Waals surface area contributed by atoms with Gasteiger partial charge in [-0.15, -0.1) is 0 Å². The van der Waals surface area contributed by atoms with E-state index >= 15 is 0 Å². The van der Waals surface area contributed by atoms with E-state index in [-0.39, 0.29) is 35.8 Å². The molecule has 1 saturated heterocycles. The third-order valence-electron chi connectivity index (χ3n) is 7.24. The average molecular weight is 614 g/mol. The number of ether oxygens (including phenoxy) is 3. The molecule has 1 fully saturated rings. The Balaban J connectivity index is 1.45. The van der Waals surface area contributed by atoms with Gasteiger partial charge in [0.25, 0.3) is 5.91 Å². The fourth-order valence-corrected chi connectivity index (χ4v) is 5.81. The van der Waals surface area contributed by atoms with Crippen LogP contribution in [0.15, 0.2) is 77.7 Å². The van der Waals surface area contributed by atoms with E-state index < -0.39 is 28.4 Å². The van der Waals surface area contributed by atoms with Gasteiger partial charge >= 0.3 is 6.61 Å². The van der Waals surface area contributed by atoms with Gasteiger partial charge < -0.3 is 24.4 Å². The molecule has 1 N–H and O–H groups in total. The van der Waals surface area contributed by atoms with Crippen molar-refractivity contribution in [2.45, 2.75) is 49.5 Å². The first kappa shape index (κ1) is 31.7. The number of sulfone groups is 1. The van der Waals surface area contributed by atoms with Crippen molar-refractivity contribution < 1.29 is 36.2 Å². The lowest BCUT2D eigenvalue weighted by molar-refractivity contribution is -0.131. The largest absolute Gasteiger partial charge is 0.497 e. The van der Waals surface area contributed by atoms with Crippen LogP contribution in [0.4, 0.5) is 14.5 Å². The number of nitrogens with zero attached hydrogens (tertiary/aromatic N) is 2. The fraction of sp³-hybridized carbons (Fsp3) is 0.355. The van der Waals surface area contributed by atoms with E-state index in [2.05, 4.69) is 16.1 Å². The summed E-state index contributed by atoms with van der Waals surface area (Å²) in [5.74, 6) is 0.861. The summed E-state index contributed by atoms with van der Waals surface area (Å²) in [5, 5.41) is 12.2. The number of carbonyl (C=O) groups excluding carboxylic acids is 1. The summed E-state index contributed by atoms with van der Waals surface area (Å²) >= 11 is 0. The molecule has 4 rings (SSSR count). The summed E-state index contributed by atoms with van der Waals surface area (Å²) in [6.45, 7) is -1.12. The minimum atomic E-state index is -3.38. The lowest BCUT2D eigenvalue weighted by Gasteiger charge is -2.26. The molecule has 1 aliphatic rings. The molecule has 3 atom stereocenters. The van der Waals surface area contributed by atoms with Crippen LogP contribution in [0.25, 0.3) is 0 Å². The first-order chi connectivity index (χ1) is 20.6. The Morgan fingerprint density at radius 2 is 1.70 bits per heavy atom. The SMILES string of the molecule is CCS(=O)(=O)c1ccc([C@H](CC#N)NC(=O)c2ccc(N3C[C@H](Oc4ccc(OC)cc4)C[C@H]3COC(F)F)cc2)cc1. The van der Waals surface area contributed by atoms with Gasteiger partial charge in [0, 0.05) is 17.7 Å². The lowest BCUT2D eigenvalue weighted by Crippen LogP contribution is -2.34. The van der Waals surface area contributed by atoms with Crippen molar-refractivity contribution in [1.29, 1.82) is 5.26 Å². The number of anilines is 1. The highest BCUT2D eigenvalue weighted by Gasteiger charge is 2.34. The predicted octanol–water partition coefficient (Wildman–Crippen LogP) is 5.14. The maximum absolute atomic E-state index is 13.1. The first-order valence-corrected chi connectivity index (χ1v) is 15.4. The summed E-state index contributed by atoms with van der Waals surface area (Å²) in [6, 6.07) is 20.9. The van der Waals surface area contributed by atoms with E-state index in [4.69, 9.17) is 9.47 Å². The normalized spacial score (nSPS) is 17.3. The monoisotopic (exact) mass is 613 g/mol. The molecule has 3 aromatic rings. The van der Waals surface area contributed by atoms with Crippen LogP contribution in [0, 0.1) is 11.3 Å². The smallest absolute Gasteiger partial charge is 0.345 e. The first-order valence-electron chi connectivity index (χ1n) is 13.7. The molecule has 0 radical (unpaired) electrons. The Labute approximate surface area is 249 Å². The van der Waals surface area contributed by atoms with E-state index in [0.717, 1.165) is 0 Å². The summed E-state index contributed by atoms with van der Waals surface area (Å²) in [7, 11) is -1.81. The molecule has 1 heterocycles. The van der Waals surface area contributed by atoms with Crippen molar-refractivity contribution in [1.82, 2.24) is 5.32 Å². The zero-order chi connectivity index (χ0) is 31.0. The predicted molar refractivity (Wildman–Crippen MR) is 156 cm³/mol. The van der Waals surface area contributed by atoms with Gasteiger partial charge in [0.2, 0.25) is 0 Å². The van der Waals surface area contributed by atoms with Crippen LogP contribution in [-0.4, -0.2) is 59.1 Å². The molecule has 0 saturated carbocycles. The number of methoxy groups -OCH3 is 1. The van der Waals surface area contributed by atoms with Gasteiger partial charge in [0.1, 0.15) is 17.6 Å². The molecule has 0 unspecified atom stereocenters. The van der Waals surface area contributed by atoms with Crippen molar-refractivity contribution in [3.8, 4) is 17.6 Å². The minimum absolute atomic E-state index is 0.0150. The molecule has 9 nitrogen and oxygen atoms in total. The fourth-order valence-electron chi connectivity index (χ4n) is 4.93. The molecule has 0 aliphatic carbocycles. The van der Waals surface area contributed by atoms with E-state index in [1.807, 2.05) is 4.90 Å². The number of benzene rings is 3. The zero-order valence-corrected chi connectivity index (χ0v) is 24.6. The second-order valence-corrected chi connectivity index (χ2v) is 12.2. The van der Waals surface area contributed by atoms with Crippen LogP contribution in [0.3, 0.4) is 0 Å². The number of hydrogen-bond donors (Lipinski definition) is 1. The van der Waals surface area contributed by atoms with E-state index in [1.54, 1.807) is 74.7 Å². The van der Waals surface area contributed by atoms with Gasteiger partial charge in [-0.1, -0.05) is 19.1 Å². The van der Waals surface area contributed by atoms with E-state index in [0.29, 0.717) is 41.3 Å². The zero-order valence-electron chi connectivity index (χ0n) is 23.8. The Morgan fingerprint density at radius 3 is 2.28 bits per heavy atom. The molecular weight excluding hydrogens is 580 g/mol. The molecule has 0 spiro atoms. The quantitative estimate of drug-likeness (QED) is 0.282. The molecule has 228 valence electrons. The summed E-state index contributed by atoms with van der Waals surface area (Å²) in [6.07, 6.45) is 0.154. The van der Waals surface area contributed by atoms with Crippen LogP contribution in [0.2, 0.25) is 0 Å². The van der Waals surface area contributed by atoms with Crippen LogP contribution in [0.5, 0.6) is 11.5 Å². The molecule has 0 aromatic heterocycles. The second kappa shape index (κ2) is 14.3. The Morgan fingerprint density at radius 1 is 1.05 bits per heavy atom. The Hall–Kier alpha value is -4.21. The second-order valence-electron chi connectivity index (χ2n) is 9.96. The topological polar surface area (TPSA) is 118 Å². The van der Waals surface area contributed by atoms with Crippen LogP contribution in [0.1, 0.15) is 41.7 Å². The van der Waals surface area contributed by atoms with Gasteiger partial charge in [0.15, 0.2) is 9.84 Å². The maximum atomic E-state index is 13.1. The molecular formula is C31H33F2N3O6S. The molecule has 1 amide bonds.